The number of amides is 2. The van der Waals surface area contributed by atoms with Gasteiger partial charge in [-0.25, -0.2) is 0 Å². The average Bonchev–Trinajstić information content (AvgIpc) is 3.10. The predicted molar refractivity (Wildman–Crippen MR) is 126 cm³/mol. The lowest BCUT2D eigenvalue weighted by Gasteiger charge is -2.29. The van der Waals surface area contributed by atoms with Crippen molar-refractivity contribution in [3.05, 3.63) is 70.9 Å². The summed E-state index contributed by atoms with van der Waals surface area (Å²) in [5, 5.41) is 3.44. The molecular formula is C24H21N3O4S. The maximum atomic E-state index is 13.3. The molecule has 4 rings (SSSR count). The summed E-state index contributed by atoms with van der Waals surface area (Å²) in [6.45, 7) is 3.94. The number of hydrogen-bond acceptors (Lipinski definition) is 5. The molecule has 3 aromatic rings. The Kier molecular flexibility index (Phi) is 5.63. The van der Waals surface area contributed by atoms with Crippen molar-refractivity contribution in [2.75, 3.05) is 12.0 Å². The highest BCUT2D eigenvalue weighted by atomic mass is 32.1. The zero-order valence-electron chi connectivity index (χ0n) is 17.8. The monoisotopic (exact) mass is 447 g/mol. The fraction of sp³-hybridized carbons (Fsp3) is 0.167. The highest BCUT2D eigenvalue weighted by Gasteiger charge is 2.34. The second-order valence-corrected chi connectivity index (χ2v) is 7.92. The van der Waals surface area contributed by atoms with Gasteiger partial charge in [-0.15, -0.1) is 0 Å². The third-order valence-electron chi connectivity index (χ3n) is 5.50. The van der Waals surface area contributed by atoms with Gasteiger partial charge in [0.1, 0.15) is 12.1 Å². The van der Waals surface area contributed by atoms with Gasteiger partial charge in [-0.3, -0.25) is 24.6 Å². The van der Waals surface area contributed by atoms with Gasteiger partial charge in [0.2, 0.25) is 0 Å². The van der Waals surface area contributed by atoms with E-state index in [0.29, 0.717) is 11.3 Å². The molecular weight excluding hydrogens is 426 g/mol. The molecule has 0 saturated carbocycles. The molecule has 2 aromatic carbocycles. The van der Waals surface area contributed by atoms with Crippen LogP contribution in [0, 0.1) is 13.8 Å². The molecule has 0 aliphatic carbocycles. The standard InChI is InChI=1S/C24H21N3O4S/c1-14-8-9-17(10-15(14)2)27-23(30)19(22(29)25-24(27)32)11-16-12-26(13-21(28)31-3)20-7-5-4-6-18(16)20/h4-12H,13H2,1-3H3,(H,25,29,32)/b19-11+. The summed E-state index contributed by atoms with van der Waals surface area (Å²) in [7, 11) is 1.33. The van der Waals surface area contributed by atoms with Gasteiger partial charge in [0.05, 0.1) is 12.8 Å². The number of fused-ring (bicyclic) bond motifs is 1. The minimum atomic E-state index is -0.565. The smallest absolute Gasteiger partial charge is 0.325 e. The number of carbonyl (C=O) groups excluding carboxylic acids is 3. The molecule has 2 amide bonds. The van der Waals surface area contributed by atoms with Crippen LogP contribution in [0.2, 0.25) is 0 Å². The number of thiocarbonyl (C=S) groups is 1. The van der Waals surface area contributed by atoms with E-state index in [9.17, 15) is 14.4 Å². The second-order valence-electron chi connectivity index (χ2n) is 7.53. The van der Waals surface area contributed by atoms with E-state index in [1.807, 2.05) is 50.2 Å². The lowest BCUT2D eigenvalue weighted by atomic mass is 10.0. The first-order valence-electron chi connectivity index (χ1n) is 9.93. The van der Waals surface area contributed by atoms with E-state index in [4.69, 9.17) is 17.0 Å². The van der Waals surface area contributed by atoms with E-state index in [1.54, 1.807) is 16.8 Å². The number of aryl methyl sites for hydroxylation is 2. The van der Waals surface area contributed by atoms with Crippen LogP contribution in [0.4, 0.5) is 5.69 Å². The van der Waals surface area contributed by atoms with Gasteiger partial charge in [-0.05, 0) is 61.5 Å². The SMILES string of the molecule is COC(=O)Cn1cc(/C=C2\C(=O)NC(=S)N(c3ccc(C)c(C)c3)C2=O)c2ccccc21. The van der Waals surface area contributed by atoms with Crippen LogP contribution < -0.4 is 10.2 Å². The summed E-state index contributed by atoms with van der Waals surface area (Å²) < 4.78 is 6.50. The van der Waals surface area contributed by atoms with Crippen molar-refractivity contribution in [1.29, 1.82) is 0 Å². The van der Waals surface area contributed by atoms with E-state index in [2.05, 4.69) is 5.32 Å². The van der Waals surface area contributed by atoms with Crippen LogP contribution in [0.5, 0.6) is 0 Å². The zero-order valence-corrected chi connectivity index (χ0v) is 18.7. The summed E-state index contributed by atoms with van der Waals surface area (Å²) in [6.07, 6.45) is 3.26. The Balaban J connectivity index is 1.79. The first-order valence-corrected chi connectivity index (χ1v) is 10.3. The number of aromatic nitrogens is 1. The van der Waals surface area contributed by atoms with Gasteiger partial charge in [0.15, 0.2) is 5.11 Å². The summed E-state index contributed by atoms with van der Waals surface area (Å²) in [5.74, 6) is -1.47. The highest BCUT2D eigenvalue weighted by molar-refractivity contribution is 7.80. The van der Waals surface area contributed by atoms with Gasteiger partial charge in [0, 0.05) is 22.7 Å². The molecule has 1 saturated heterocycles. The number of para-hydroxylation sites is 1. The maximum Gasteiger partial charge on any atom is 0.325 e. The number of rotatable bonds is 4. The van der Waals surface area contributed by atoms with Crippen molar-refractivity contribution in [3.63, 3.8) is 0 Å². The molecule has 1 aliphatic heterocycles. The van der Waals surface area contributed by atoms with Crippen molar-refractivity contribution >= 4 is 57.8 Å². The largest absolute Gasteiger partial charge is 0.468 e. The molecule has 2 heterocycles. The van der Waals surface area contributed by atoms with E-state index in [1.165, 1.54) is 18.1 Å². The zero-order chi connectivity index (χ0) is 23.0. The predicted octanol–water partition coefficient (Wildman–Crippen LogP) is 3.26. The van der Waals surface area contributed by atoms with E-state index in [0.717, 1.165) is 22.0 Å². The van der Waals surface area contributed by atoms with Crippen molar-refractivity contribution in [2.24, 2.45) is 0 Å². The molecule has 1 N–H and O–H groups in total. The second kappa shape index (κ2) is 8.39. The number of benzene rings is 2. The Labute approximate surface area is 190 Å². The summed E-state index contributed by atoms with van der Waals surface area (Å²) in [6, 6.07) is 13.0. The van der Waals surface area contributed by atoms with Gasteiger partial charge in [-0.1, -0.05) is 24.3 Å². The molecule has 1 aromatic heterocycles. The fourth-order valence-corrected chi connectivity index (χ4v) is 3.92. The van der Waals surface area contributed by atoms with E-state index < -0.39 is 17.8 Å². The third-order valence-corrected chi connectivity index (χ3v) is 5.78. The van der Waals surface area contributed by atoms with Crippen molar-refractivity contribution in [3.8, 4) is 0 Å². The first kappa shape index (κ1) is 21.5. The van der Waals surface area contributed by atoms with Crippen LogP contribution in [-0.4, -0.2) is 34.6 Å². The highest BCUT2D eigenvalue weighted by Crippen LogP contribution is 2.27. The topological polar surface area (TPSA) is 80.6 Å². The van der Waals surface area contributed by atoms with Crippen molar-refractivity contribution in [2.45, 2.75) is 20.4 Å². The number of esters is 1. The fourth-order valence-electron chi connectivity index (χ4n) is 3.64. The van der Waals surface area contributed by atoms with Crippen LogP contribution in [0.25, 0.3) is 17.0 Å². The van der Waals surface area contributed by atoms with Gasteiger partial charge >= 0.3 is 5.97 Å². The van der Waals surface area contributed by atoms with Gasteiger partial charge in [0.25, 0.3) is 11.8 Å². The molecule has 1 aliphatic rings. The number of anilines is 1. The number of ether oxygens (including phenoxy) is 1. The van der Waals surface area contributed by atoms with Crippen LogP contribution in [0.3, 0.4) is 0 Å². The molecule has 0 bridgehead atoms. The van der Waals surface area contributed by atoms with Gasteiger partial charge < -0.3 is 9.30 Å². The first-order chi connectivity index (χ1) is 15.3. The number of nitrogens with zero attached hydrogens (tertiary/aromatic N) is 2. The Morgan fingerprint density at radius 3 is 2.59 bits per heavy atom. The van der Waals surface area contributed by atoms with Crippen molar-refractivity contribution in [1.82, 2.24) is 9.88 Å². The number of hydrogen-bond donors (Lipinski definition) is 1. The summed E-state index contributed by atoms with van der Waals surface area (Å²) in [4.78, 5) is 39.2. The lowest BCUT2D eigenvalue weighted by molar-refractivity contribution is -0.141. The molecule has 0 unspecified atom stereocenters. The summed E-state index contributed by atoms with van der Waals surface area (Å²) >= 11 is 5.29. The number of nitrogens with one attached hydrogen (secondary N) is 1. The van der Waals surface area contributed by atoms with Crippen LogP contribution >= 0.6 is 12.2 Å². The summed E-state index contributed by atoms with van der Waals surface area (Å²) in [5.41, 5.74) is 4.06. The Hall–Kier alpha value is -3.78. The molecule has 0 radical (unpaired) electrons. The Bertz CT molecular complexity index is 1320. The number of methoxy groups -OCH3 is 1. The van der Waals surface area contributed by atoms with Gasteiger partial charge in [-0.2, -0.15) is 0 Å². The molecule has 1 fully saturated rings. The molecule has 8 heteroatoms. The maximum absolute atomic E-state index is 13.3. The number of carbonyl (C=O) groups is 3. The van der Waals surface area contributed by atoms with Crippen molar-refractivity contribution < 1.29 is 19.1 Å². The van der Waals surface area contributed by atoms with Crippen LogP contribution in [0.15, 0.2) is 54.2 Å². The minimum absolute atomic E-state index is 0.0131. The van der Waals surface area contributed by atoms with E-state index >= 15 is 0 Å². The third kappa shape index (κ3) is 3.80. The Morgan fingerprint density at radius 1 is 1.12 bits per heavy atom. The molecule has 0 atom stereocenters. The Morgan fingerprint density at radius 2 is 1.88 bits per heavy atom. The minimum Gasteiger partial charge on any atom is -0.468 e. The normalized spacial score (nSPS) is 15.4. The molecule has 0 spiro atoms. The van der Waals surface area contributed by atoms with Crippen LogP contribution in [-0.2, 0) is 25.7 Å². The van der Waals surface area contributed by atoms with E-state index in [-0.39, 0.29) is 17.2 Å². The quantitative estimate of drug-likeness (QED) is 0.287. The molecule has 162 valence electrons. The lowest BCUT2D eigenvalue weighted by Crippen LogP contribution is -2.54. The average molecular weight is 448 g/mol. The van der Waals surface area contributed by atoms with Crippen LogP contribution in [0.1, 0.15) is 16.7 Å². The molecule has 7 nitrogen and oxygen atoms in total. The molecule has 32 heavy (non-hydrogen) atoms.